The lowest BCUT2D eigenvalue weighted by molar-refractivity contribution is 0.0383. The number of carbonyl (C=O) groups is 1. The van der Waals surface area contributed by atoms with E-state index >= 15 is 0 Å². The standard InChI is InChI=1S/C22H25N5O3/c1-29-19-9-7-18(8-10-19)27-21(17-5-3-2-4-6-17)24-20(25-27)22(28)23-11-12-26-13-15-30-16-14-26/h2-10H,11-16H2,1H3,(H,23,28). The Labute approximate surface area is 175 Å². The fourth-order valence-electron chi connectivity index (χ4n) is 3.32. The molecule has 1 N–H and O–H groups in total. The fraction of sp³-hybridized carbons (Fsp3) is 0.318. The summed E-state index contributed by atoms with van der Waals surface area (Å²) in [7, 11) is 1.62. The lowest BCUT2D eigenvalue weighted by Crippen LogP contribution is -2.41. The first-order valence-electron chi connectivity index (χ1n) is 10.00. The second-order valence-electron chi connectivity index (χ2n) is 6.94. The van der Waals surface area contributed by atoms with Gasteiger partial charge in [0.15, 0.2) is 5.82 Å². The smallest absolute Gasteiger partial charge is 0.291 e. The van der Waals surface area contributed by atoms with Crippen molar-refractivity contribution in [1.29, 1.82) is 0 Å². The van der Waals surface area contributed by atoms with Crippen LogP contribution in [-0.4, -0.2) is 72.1 Å². The summed E-state index contributed by atoms with van der Waals surface area (Å²) in [5.41, 5.74) is 1.68. The summed E-state index contributed by atoms with van der Waals surface area (Å²) >= 11 is 0. The van der Waals surface area contributed by atoms with Crippen molar-refractivity contribution in [2.24, 2.45) is 0 Å². The minimum absolute atomic E-state index is 0.145. The number of methoxy groups -OCH3 is 1. The lowest BCUT2D eigenvalue weighted by atomic mass is 10.2. The molecule has 0 bridgehead atoms. The minimum Gasteiger partial charge on any atom is -0.497 e. The summed E-state index contributed by atoms with van der Waals surface area (Å²) < 4.78 is 12.3. The molecule has 0 radical (unpaired) electrons. The van der Waals surface area contributed by atoms with Gasteiger partial charge in [0.05, 0.1) is 26.0 Å². The van der Waals surface area contributed by atoms with E-state index in [1.165, 1.54) is 0 Å². The quantitative estimate of drug-likeness (QED) is 0.645. The van der Waals surface area contributed by atoms with Gasteiger partial charge in [0, 0.05) is 31.7 Å². The van der Waals surface area contributed by atoms with E-state index in [0.717, 1.165) is 49.8 Å². The number of ether oxygens (including phenoxy) is 2. The van der Waals surface area contributed by atoms with Crippen LogP contribution in [0.2, 0.25) is 0 Å². The average molecular weight is 407 g/mol. The van der Waals surface area contributed by atoms with Crippen LogP contribution < -0.4 is 10.1 Å². The molecule has 156 valence electrons. The van der Waals surface area contributed by atoms with E-state index in [0.29, 0.717) is 12.4 Å². The Balaban J connectivity index is 1.54. The van der Waals surface area contributed by atoms with Gasteiger partial charge >= 0.3 is 0 Å². The van der Waals surface area contributed by atoms with Crippen molar-refractivity contribution in [3.63, 3.8) is 0 Å². The number of aromatic nitrogens is 3. The van der Waals surface area contributed by atoms with E-state index in [1.54, 1.807) is 11.8 Å². The molecule has 0 atom stereocenters. The van der Waals surface area contributed by atoms with E-state index < -0.39 is 0 Å². The molecule has 0 aliphatic carbocycles. The van der Waals surface area contributed by atoms with Crippen LogP contribution in [-0.2, 0) is 4.74 Å². The zero-order valence-corrected chi connectivity index (χ0v) is 17.0. The number of nitrogens with one attached hydrogen (secondary N) is 1. The number of hydrogen-bond donors (Lipinski definition) is 1. The summed E-state index contributed by atoms with van der Waals surface area (Å²) in [5, 5.41) is 7.42. The Bertz CT molecular complexity index is 966. The molecule has 1 aliphatic rings. The lowest BCUT2D eigenvalue weighted by Gasteiger charge is -2.26. The third-order valence-corrected chi connectivity index (χ3v) is 4.98. The van der Waals surface area contributed by atoms with Gasteiger partial charge in [0.2, 0.25) is 5.82 Å². The number of benzene rings is 2. The Morgan fingerprint density at radius 2 is 1.83 bits per heavy atom. The molecule has 0 saturated carbocycles. The molecule has 0 spiro atoms. The van der Waals surface area contributed by atoms with Crippen LogP contribution in [0.15, 0.2) is 54.6 Å². The Morgan fingerprint density at radius 1 is 1.10 bits per heavy atom. The van der Waals surface area contributed by atoms with E-state index in [1.807, 2.05) is 54.6 Å². The molecule has 0 unspecified atom stereocenters. The molecular weight excluding hydrogens is 382 g/mol. The molecule has 8 nitrogen and oxygen atoms in total. The van der Waals surface area contributed by atoms with Crippen LogP contribution in [0.5, 0.6) is 5.75 Å². The van der Waals surface area contributed by atoms with Crippen molar-refractivity contribution in [2.75, 3.05) is 46.5 Å². The van der Waals surface area contributed by atoms with Gasteiger partial charge in [-0.05, 0) is 24.3 Å². The number of rotatable bonds is 7. The molecule has 2 aromatic carbocycles. The Kier molecular flexibility index (Phi) is 6.36. The maximum Gasteiger partial charge on any atom is 0.291 e. The van der Waals surface area contributed by atoms with E-state index in [2.05, 4.69) is 20.3 Å². The molecule has 1 saturated heterocycles. The monoisotopic (exact) mass is 407 g/mol. The SMILES string of the molecule is COc1ccc(-n2nc(C(=O)NCCN3CCOCC3)nc2-c2ccccc2)cc1. The normalized spacial score (nSPS) is 14.4. The van der Waals surface area contributed by atoms with Gasteiger partial charge in [-0.1, -0.05) is 30.3 Å². The second kappa shape index (κ2) is 9.51. The van der Waals surface area contributed by atoms with Crippen molar-refractivity contribution in [3.8, 4) is 22.8 Å². The zero-order chi connectivity index (χ0) is 20.8. The summed E-state index contributed by atoms with van der Waals surface area (Å²) in [5.74, 6) is 1.22. The van der Waals surface area contributed by atoms with E-state index in [-0.39, 0.29) is 11.7 Å². The molecular formula is C22H25N5O3. The van der Waals surface area contributed by atoms with Crippen LogP contribution in [0, 0.1) is 0 Å². The molecule has 2 heterocycles. The Hall–Kier alpha value is -3.23. The van der Waals surface area contributed by atoms with Crippen LogP contribution in [0.3, 0.4) is 0 Å². The summed E-state index contributed by atoms with van der Waals surface area (Å²) in [6.07, 6.45) is 0. The molecule has 30 heavy (non-hydrogen) atoms. The Morgan fingerprint density at radius 3 is 2.53 bits per heavy atom. The summed E-state index contributed by atoms with van der Waals surface area (Å²) in [6, 6.07) is 17.2. The first-order valence-corrected chi connectivity index (χ1v) is 10.00. The highest BCUT2D eigenvalue weighted by Crippen LogP contribution is 2.22. The van der Waals surface area contributed by atoms with Gasteiger partial charge in [-0.2, -0.15) is 0 Å². The largest absolute Gasteiger partial charge is 0.497 e. The number of carbonyl (C=O) groups excluding carboxylic acids is 1. The van der Waals surface area contributed by atoms with Crippen LogP contribution in [0.1, 0.15) is 10.6 Å². The average Bonchev–Trinajstić information content (AvgIpc) is 3.26. The van der Waals surface area contributed by atoms with Gasteiger partial charge < -0.3 is 14.8 Å². The van der Waals surface area contributed by atoms with Gasteiger partial charge in [-0.15, -0.1) is 5.10 Å². The predicted octanol–water partition coefficient (Wildman–Crippen LogP) is 2.00. The molecule has 1 amide bonds. The number of morpholine rings is 1. The van der Waals surface area contributed by atoms with E-state index in [9.17, 15) is 4.79 Å². The summed E-state index contributed by atoms with van der Waals surface area (Å²) in [6.45, 7) is 4.57. The van der Waals surface area contributed by atoms with Crippen LogP contribution in [0.4, 0.5) is 0 Å². The molecule has 8 heteroatoms. The third kappa shape index (κ3) is 4.67. The highest BCUT2D eigenvalue weighted by atomic mass is 16.5. The predicted molar refractivity (Wildman–Crippen MR) is 113 cm³/mol. The number of amides is 1. The third-order valence-electron chi connectivity index (χ3n) is 4.98. The molecule has 1 aromatic heterocycles. The van der Waals surface area contributed by atoms with Crippen molar-refractivity contribution in [1.82, 2.24) is 25.0 Å². The number of hydrogen-bond acceptors (Lipinski definition) is 6. The van der Waals surface area contributed by atoms with Crippen molar-refractivity contribution in [2.45, 2.75) is 0 Å². The maximum absolute atomic E-state index is 12.7. The number of nitrogens with zero attached hydrogens (tertiary/aromatic N) is 4. The fourth-order valence-corrected chi connectivity index (χ4v) is 3.32. The minimum atomic E-state index is -0.285. The zero-order valence-electron chi connectivity index (χ0n) is 17.0. The van der Waals surface area contributed by atoms with Gasteiger partial charge in [0.1, 0.15) is 5.75 Å². The molecule has 3 aromatic rings. The molecule has 4 rings (SSSR count). The van der Waals surface area contributed by atoms with Crippen molar-refractivity contribution >= 4 is 5.91 Å². The first kappa shape index (κ1) is 20.1. The molecule has 1 fully saturated rings. The van der Waals surface area contributed by atoms with E-state index in [4.69, 9.17) is 9.47 Å². The van der Waals surface area contributed by atoms with Crippen molar-refractivity contribution < 1.29 is 14.3 Å². The highest BCUT2D eigenvalue weighted by molar-refractivity contribution is 5.91. The second-order valence-corrected chi connectivity index (χ2v) is 6.94. The highest BCUT2D eigenvalue weighted by Gasteiger charge is 2.19. The van der Waals surface area contributed by atoms with Crippen LogP contribution in [0.25, 0.3) is 17.1 Å². The van der Waals surface area contributed by atoms with Gasteiger partial charge in [0.25, 0.3) is 5.91 Å². The van der Waals surface area contributed by atoms with Crippen LogP contribution >= 0.6 is 0 Å². The topological polar surface area (TPSA) is 81.5 Å². The first-order chi connectivity index (χ1) is 14.7. The molecule has 1 aliphatic heterocycles. The van der Waals surface area contributed by atoms with Crippen molar-refractivity contribution in [3.05, 3.63) is 60.4 Å². The van der Waals surface area contributed by atoms with Gasteiger partial charge in [-0.3, -0.25) is 9.69 Å². The summed E-state index contributed by atoms with van der Waals surface area (Å²) in [4.78, 5) is 19.5. The maximum atomic E-state index is 12.7. The van der Waals surface area contributed by atoms with Gasteiger partial charge in [-0.25, -0.2) is 9.67 Å².